The molecule has 0 heteroatoms. The topological polar surface area (TPSA) is 0 Å². The molecule has 0 radical (unpaired) electrons. The van der Waals surface area contributed by atoms with Crippen molar-refractivity contribution in [1.82, 2.24) is 0 Å². The Morgan fingerprint density at radius 1 is 0.550 bits per heavy atom. The van der Waals surface area contributed by atoms with E-state index in [1.807, 2.05) is 13.8 Å². The van der Waals surface area contributed by atoms with Gasteiger partial charge in [-0.15, -0.1) is 0 Å². The Bertz CT molecular complexity index is 708. The highest BCUT2D eigenvalue weighted by atomic mass is 14.1. The Balaban J connectivity index is 0.000000704. The van der Waals surface area contributed by atoms with E-state index in [0.29, 0.717) is 0 Å². The van der Waals surface area contributed by atoms with Gasteiger partial charge in [0.15, 0.2) is 0 Å². The largest absolute Gasteiger partial charge is 0.0683 e. The van der Waals surface area contributed by atoms with Crippen LogP contribution in [0.15, 0.2) is 60.7 Å². The summed E-state index contributed by atoms with van der Waals surface area (Å²) < 4.78 is 0. The van der Waals surface area contributed by atoms with E-state index in [1.54, 1.807) is 0 Å². The Labute approximate surface area is 122 Å². The van der Waals surface area contributed by atoms with Crippen LogP contribution in [0.5, 0.6) is 0 Å². The van der Waals surface area contributed by atoms with Crippen molar-refractivity contribution in [3.8, 4) is 11.1 Å². The molecule has 3 aromatic rings. The molecule has 3 aromatic carbocycles. The molecule has 0 amide bonds. The molecule has 0 nitrogen and oxygen atoms in total. The van der Waals surface area contributed by atoms with Crippen molar-refractivity contribution in [2.45, 2.75) is 27.7 Å². The van der Waals surface area contributed by atoms with Crippen molar-refractivity contribution in [2.75, 3.05) is 0 Å². The van der Waals surface area contributed by atoms with E-state index >= 15 is 0 Å². The number of hydrogen-bond donors (Lipinski definition) is 0. The lowest BCUT2D eigenvalue weighted by molar-refractivity contribution is 1.42. The molecule has 0 aliphatic rings. The van der Waals surface area contributed by atoms with Gasteiger partial charge in [0.2, 0.25) is 0 Å². The maximum atomic E-state index is 2.30. The zero-order valence-corrected chi connectivity index (χ0v) is 12.8. The van der Waals surface area contributed by atoms with Gasteiger partial charge in [-0.2, -0.15) is 0 Å². The third-order valence-corrected chi connectivity index (χ3v) is 3.53. The maximum absolute atomic E-state index is 2.30. The van der Waals surface area contributed by atoms with Crippen LogP contribution in [0.1, 0.15) is 25.0 Å². The molecule has 0 bridgehead atoms. The van der Waals surface area contributed by atoms with E-state index in [2.05, 4.69) is 74.5 Å². The summed E-state index contributed by atoms with van der Waals surface area (Å²) in [5.41, 5.74) is 5.34. The average molecular weight is 262 g/mol. The molecule has 0 unspecified atom stereocenters. The molecule has 0 aliphatic carbocycles. The van der Waals surface area contributed by atoms with Crippen LogP contribution in [0.25, 0.3) is 21.9 Å². The summed E-state index contributed by atoms with van der Waals surface area (Å²) >= 11 is 0. The normalized spacial score (nSPS) is 10.0. The van der Waals surface area contributed by atoms with Crippen LogP contribution in [0, 0.1) is 13.8 Å². The second-order valence-corrected chi connectivity index (χ2v) is 4.83. The first-order valence-electron chi connectivity index (χ1n) is 7.31. The lowest BCUT2D eigenvalue weighted by atomic mass is 9.94. The molecule has 0 saturated carbocycles. The Morgan fingerprint density at radius 2 is 1.10 bits per heavy atom. The van der Waals surface area contributed by atoms with Gasteiger partial charge in [0, 0.05) is 0 Å². The quantitative estimate of drug-likeness (QED) is 0.493. The van der Waals surface area contributed by atoms with Crippen molar-refractivity contribution in [1.29, 1.82) is 0 Å². The predicted molar refractivity (Wildman–Crippen MR) is 90.2 cm³/mol. The van der Waals surface area contributed by atoms with Gasteiger partial charge in [-0.1, -0.05) is 68.4 Å². The number of aryl methyl sites for hydroxylation is 2. The highest BCUT2D eigenvalue weighted by molar-refractivity contribution is 5.89. The lowest BCUT2D eigenvalue weighted by Gasteiger charge is -2.11. The van der Waals surface area contributed by atoms with Gasteiger partial charge < -0.3 is 0 Å². The summed E-state index contributed by atoms with van der Waals surface area (Å²) in [6.07, 6.45) is 0. The fourth-order valence-electron chi connectivity index (χ4n) is 2.52. The molecule has 3 rings (SSSR count). The van der Waals surface area contributed by atoms with Crippen molar-refractivity contribution in [3.63, 3.8) is 0 Å². The number of benzene rings is 3. The monoisotopic (exact) mass is 262 g/mol. The zero-order valence-electron chi connectivity index (χ0n) is 12.8. The van der Waals surface area contributed by atoms with Crippen LogP contribution >= 0.6 is 0 Å². The summed E-state index contributed by atoms with van der Waals surface area (Å²) in [6.45, 7) is 8.36. The van der Waals surface area contributed by atoms with Gasteiger partial charge in [0.25, 0.3) is 0 Å². The van der Waals surface area contributed by atoms with Crippen LogP contribution in [-0.2, 0) is 0 Å². The molecule has 0 heterocycles. The molecule has 0 aliphatic heterocycles. The summed E-state index contributed by atoms with van der Waals surface area (Å²) in [6, 6.07) is 21.7. The van der Waals surface area contributed by atoms with Crippen molar-refractivity contribution >= 4 is 10.8 Å². The SMILES string of the molecule is CC.Cc1ccccc1-c1cc2ccccc2cc1C. The van der Waals surface area contributed by atoms with Gasteiger partial charge in [-0.3, -0.25) is 0 Å². The van der Waals surface area contributed by atoms with Gasteiger partial charge >= 0.3 is 0 Å². The van der Waals surface area contributed by atoms with Crippen LogP contribution in [0.3, 0.4) is 0 Å². The third-order valence-electron chi connectivity index (χ3n) is 3.53. The first-order valence-corrected chi connectivity index (χ1v) is 7.31. The minimum absolute atomic E-state index is 1.31. The van der Waals surface area contributed by atoms with Gasteiger partial charge in [0.05, 0.1) is 0 Å². The smallest absolute Gasteiger partial charge is 0.0146 e. The Kier molecular flexibility index (Phi) is 4.57. The standard InChI is InChI=1S/C18H16.C2H6/c1-13-7-3-6-10-17(13)18-12-16-9-5-4-8-15(16)11-14(18)2;1-2/h3-12H,1-2H3;1-2H3. The fourth-order valence-corrected chi connectivity index (χ4v) is 2.52. The minimum atomic E-state index is 1.31. The molecule has 0 aromatic heterocycles. The highest BCUT2D eigenvalue weighted by Crippen LogP contribution is 2.30. The van der Waals surface area contributed by atoms with Crippen molar-refractivity contribution < 1.29 is 0 Å². The molecule has 20 heavy (non-hydrogen) atoms. The van der Waals surface area contributed by atoms with Gasteiger partial charge in [-0.25, -0.2) is 0 Å². The van der Waals surface area contributed by atoms with Crippen LogP contribution < -0.4 is 0 Å². The highest BCUT2D eigenvalue weighted by Gasteiger charge is 2.05. The zero-order chi connectivity index (χ0) is 14.5. The van der Waals surface area contributed by atoms with E-state index in [0.717, 1.165) is 0 Å². The van der Waals surface area contributed by atoms with Gasteiger partial charge in [-0.05, 0) is 52.9 Å². The van der Waals surface area contributed by atoms with Crippen LogP contribution in [-0.4, -0.2) is 0 Å². The molecular weight excluding hydrogens is 240 g/mol. The van der Waals surface area contributed by atoms with Crippen molar-refractivity contribution in [3.05, 3.63) is 71.8 Å². The van der Waals surface area contributed by atoms with E-state index in [4.69, 9.17) is 0 Å². The molecule has 0 saturated heterocycles. The van der Waals surface area contributed by atoms with E-state index < -0.39 is 0 Å². The summed E-state index contributed by atoms with van der Waals surface area (Å²) in [4.78, 5) is 0. The number of rotatable bonds is 1. The van der Waals surface area contributed by atoms with Crippen molar-refractivity contribution in [2.24, 2.45) is 0 Å². The summed E-state index contributed by atoms with van der Waals surface area (Å²) in [5.74, 6) is 0. The second kappa shape index (κ2) is 6.38. The second-order valence-electron chi connectivity index (χ2n) is 4.83. The Morgan fingerprint density at radius 3 is 1.75 bits per heavy atom. The lowest BCUT2D eigenvalue weighted by Crippen LogP contribution is -1.87. The fraction of sp³-hybridized carbons (Fsp3) is 0.200. The summed E-state index contributed by atoms with van der Waals surface area (Å²) in [7, 11) is 0. The molecular formula is C20H22. The third kappa shape index (κ3) is 2.75. The maximum Gasteiger partial charge on any atom is -0.0146 e. The molecule has 0 N–H and O–H groups in total. The molecule has 102 valence electrons. The summed E-state index contributed by atoms with van der Waals surface area (Å²) in [5, 5.41) is 2.62. The molecule has 0 spiro atoms. The van der Waals surface area contributed by atoms with Gasteiger partial charge in [0.1, 0.15) is 0 Å². The van der Waals surface area contributed by atoms with E-state index in [9.17, 15) is 0 Å². The first-order chi connectivity index (χ1) is 9.75. The van der Waals surface area contributed by atoms with E-state index in [1.165, 1.54) is 33.0 Å². The number of fused-ring (bicyclic) bond motifs is 1. The minimum Gasteiger partial charge on any atom is -0.0683 e. The van der Waals surface area contributed by atoms with Crippen LogP contribution in [0.2, 0.25) is 0 Å². The first kappa shape index (κ1) is 14.3. The van der Waals surface area contributed by atoms with E-state index in [-0.39, 0.29) is 0 Å². The van der Waals surface area contributed by atoms with Crippen LogP contribution in [0.4, 0.5) is 0 Å². The molecule has 0 fully saturated rings. The average Bonchev–Trinajstić information content (AvgIpc) is 2.49. The number of hydrogen-bond acceptors (Lipinski definition) is 0. The predicted octanol–water partition coefficient (Wildman–Crippen LogP) is 6.15. The Hall–Kier alpha value is -2.08. The molecule has 0 atom stereocenters.